The minimum Gasteiger partial charge on any atom is -0.480 e. The van der Waals surface area contributed by atoms with Crippen LogP contribution in [0.15, 0.2) is 30.3 Å². The molecular weight excluding hydrogens is 400 g/mol. The van der Waals surface area contributed by atoms with Gasteiger partial charge in [0.2, 0.25) is 17.7 Å². The van der Waals surface area contributed by atoms with Crippen molar-refractivity contribution in [2.45, 2.75) is 64.2 Å². The highest BCUT2D eigenvalue weighted by Crippen LogP contribution is 2.09. The van der Waals surface area contributed by atoms with Crippen LogP contribution in [0.4, 0.5) is 0 Å². The second kappa shape index (κ2) is 11.5. The second-order valence-electron chi connectivity index (χ2n) is 8.20. The zero-order valence-corrected chi connectivity index (χ0v) is 18.2. The maximum absolute atomic E-state index is 13.1. The molecule has 3 amide bonds. The third-order valence-corrected chi connectivity index (χ3v) is 5.27. The van der Waals surface area contributed by atoms with Crippen molar-refractivity contribution in [2.75, 3.05) is 6.54 Å². The van der Waals surface area contributed by atoms with Gasteiger partial charge in [0.05, 0.1) is 6.04 Å². The molecule has 4 atom stereocenters. The third-order valence-electron chi connectivity index (χ3n) is 5.27. The number of rotatable bonds is 10. The fourth-order valence-corrected chi connectivity index (χ4v) is 3.39. The summed E-state index contributed by atoms with van der Waals surface area (Å²) in [6.07, 6.45) is 1.86. The first-order valence-corrected chi connectivity index (χ1v) is 10.6. The fourth-order valence-electron chi connectivity index (χ4n) is 3.39. The molecule has 1 aliphatic rings. The van der Waals surface area contributed by atoms with E-state index in [-0.39, 0.29) is 24.3 Å². The van der Waals surface area contributed by atoms with E-state index < -0.39 is 35.9 Å². The lowest BCUT2D eigenvalue weighted by Crippen LogP contribution is -2.58. The monoisotopic (exact) mass is 432 g/mol. The molecule has 170 valence electrons. The Bertz CT molecular complexity index is 777. The van der Waals surface area contributed by atoms with E-state index in [0.29, 0.717) is 6.42 Å². The molecular formula is C22H32N4O5. The van der Waals surface area contributed by atoms with Crippen molar-refractivity contribution < 1.29 is 24.3 Å². The molecule has 0 saturated carbocycles. The van der Waals surface area contributed by atoms with Crippen LogP contribution < -0.4 is 21.3 Å². The Hall–Kier alpha value is -2.94. The molecule has 0 aliphatic carbocycles. The van der Waals surface area contributed by atoms with Crippen molar-refractivity contribution in [3.63, 3.8) is 0 Å². The van der Waals surface area contributed by atoms with Gasteiger partial charge in [-0.15, -0.1) is 0 Å². The number of carboxylic acid groups (broad SMARTS) is 1. The summed E-state index contributed by atoms with van der Waals surface area (Å²) >= 11 is 0. The summed E-state index contributed by atoms with van der Waals surface area (Å²) in [5.41, 5.74) is 0.868. The molecule has 9 nitrogen and oxygen atoms in total. The first-order chi connectivity index (χ1) is 14.7. The van der Waals surface area contributed by atoms with E-state index in [4.69, 9.17) is 5.11 Å². The van der Waals surface area contributed by atoms with Crippen molar-refractivity contribution in [1.29, 1.82) is 0 Å². The number of hydrogen-bond acceptors (Lipinski definition) is 5. The summed E-state index contributed by atoms with van der Waals surface area (Å²) in [6, 6.07) is 6.05. The maximum Gasteiger partial charge on any atom is 0.325 e. The topological polar surface area (TPSA) is 137 Å². The molecule has 0 spiro atoms. The quantitative estimate of drug-likeness (QED) is 0.358. The van der Waals surface area contributed by atoms with Gasteiger partial charge >= 0.3 is 5.97 Å². The molecule has 1 aromatic carbocycles. The zero-order valence-electron chi connectivity index (χ0n) is 18.2. The van der Waals surface area contributed by atoms with E-state index >= 15 is 0 Å². The van der Waals surface area contributed by atoms with Crippen molar-refractivity contribution in [3.8, 4) is 0 Å². The van der Waals surface area contributed by atoms with Gasteiger partial charge in [0.15, 0.2) is 0 Å². The number of carbonyl (C=O) groups excluding carboxylic acids is 3. The van der Waals surface area contributed by atoms with Crippen molar-refractivity contribution in [2.24, 2.45) is 5.92 Å². The average molecular weight is 433 g/mol. The van der Waals surface area contributed by atoms with Gasteiger partial charge in [0.1, 0.15) is 18.1 Å². The Labute approximate surface area is 182 Å². The summed E-state index contributed by atoms with van der Waals surface area (Å²) < 4.78 is 0. The molecule has 5 N–H and O–H groups in total. The Balaban J connectivity index is 2.13. The number of benzene rings is 1. The minimum absolute atomic E-state index is 0.251. The predicted molar refractivity (Wildman–Crippen MR) is 115 cm³/mol. The van der Waals surface area contributed by atoms with Gasteiger partial charge < -0.3 is 26.4 Å². The molecule has 0 aromatic heterocycles. The van der Waals surface area contributed by atoms with Crippen LogP contribution in [0.3, 0.4) is 0 Å². The minimum atomic E-state index is -1.17. The van der Waals surface area contributed by atoms with Crippen LogP contribution >= 0.6 is 0 Å². The van der Waals surface area contributed by atoms with Gasteiger partial charge in [0.25, 0.3) is 0 Å². The molecule has 1 aliphatic heterocycles. The first-order valence-electron chi connectivity index (χ1n) is 10.6. The molecule has 0 bridgehead atoms. The molecule has 1 fully saturated rings. The molecule has 1 saturated heterocycles. The summed E-state index contributed by atoms with van der Waals surface area (Å²) in [7, 11) is 0. The Morgan fingerprint density at radius 2 is 1.71 bits per heavy atom. The predicted octanol–water partition coefficient (Wildman–Crippen LogP) is 0.196. The molecule has 4 unspecified atom stereocenters. The number of aliphatic carboxylic acids is 1. The Kier molecular flexibility index (Phi) is 8.99. The van der Waals surface area contributed by atoms with E-state index in [2.05, 4.69) is 21.3 Å². The highest BCUT2D eigenvalue weighted by atomic mass is 16.4. The van der Waals surface area contributed by atoms with E-state index in [9.17, 15) is 19.2 Å². The van der Waals surface area contributed by atoms with Gasteiger partial charge in [-0.3, -0.25) is 19.2 Å². The second-order valence-corrected chi connectivity index (χ2v) is 8.20. The SMILES string of the molecule is CC(NC(=O)C(NC(=O)C(Cc1ccccc1)NC(=O)C1CCCN1)C(C)C)C(=O)O. The lowest BCUT2D eigenvalue weighted by atomic mass is 10.0. The average Bonchev–Trinajstić information content (AvgIpc) is 3.26. The smallest absolute Gasteiger partial charge is 0.325 e. The molecule has 2 rings (SSSR count). The molecule has 0 radical (unpaired) electrons. The zero-order chi connectivity index (χ0) is 23.0. The summed E-state index contributed by atoms with van der Waals surface area (Å²) in [5, 5.41) is 20.0. The van der Waals surface area contributed by atoms with Gasteiger partial charge in [-0.2, -0.15) is 0 Å². The maximum atomic E-state index is 13.1. The van der Waals surface area contributed by atoms with Crippen LogP contribution in [0.2, 0.25) is 0 Å². The Morgan fingerprint density at radius 3 is 2.26 bits per heavy atom. The number of amides is 3. The number of carboxylic acids is 1. The van der Waals surface area contributed by atoms with E-state index in [0.717, 1.165) is 18.5 Å². The standard InChI is InChI=1S/C22H32N4O5/c1-13(2)18(21(29)24-14(3)22(30)31)26-20(28)17(12-15-8-5-4-6-9-15)25-19(27)16-10-7-11-23-16/h4-6,8-9,13-14,16-18,23H,7,10-12H2,1-3H3,(H,24,29)(H,25,27)(H,26,28)(H,30,31). The molecule has 1 heterocycles. The number of nitrogens with one attached hydrogen (secondary N) is 4. The fraction of sp³-hybridized carbons (Fsp3) is 0.545. The van der Waals surface area contributed by atoms with E-state index in [1.54, 1.807) is 13.8 Å². The van der Waals surface area contributed by atoms with Gasteiger partial charge in [0, 0.05) is 6.42 Å². The first kappa shape index (κ1) is 24.3. The van der Waals surface area contributed by atoms with Crippen LogP contribution in [0.1, 0.15) is 39.2 Å². The van der Waals surface area contributed by atoms with Crippen LogP contribution in [0.5, 0.6) is 0 Å². The van der Waals surface area contributed by atoms with E-state index in [1.165, 1.54) is 6.92 Å². The van der Waals surface area contributed by atoms with E-state index in [1.807, 2.05) is 30.3 Å². The molecule has 31 heavy (non-hydrogen) atoms. The van der Waals surface area contributed by atoms with Crippen LogP contribution in [-0.4, -0.2) is 59.5 Å². The van der Waals surface area contributed by atoms with Gasteiger partial charge in [-0.25, -0.2) is 0 Å². The molecule has 9 heteroatoms. The van der Waals surface area contributed by atoms with Crippen LogP contribution in [0, 0.1) is 5.92 Å². The van der Waals surface area contributed by atoms with Crippen molar-refractivity contribution in [3.05, 3.63) is 35.9 Å². The highest BCUT2D eigenvalue weighted by molar-refractivity contribution is 5.94. The number of hydrogen-bond donors (Lipinski definition) is 5. The summed E-state index contributed by atoms with van der Waals surface area (Å²) in [4.78, 5) is 49.3. The largest absolute Gasteiger partial charge is 0.480 e. The summed E-state index contributed by atoms with van der Waals surface area (Å²) in [6.45, 7) is 5.61. The lowest BCUT2D eigenvalue weighted by molar-refractivity contribution is -0.142. The number of carbonyl (C=O) groups is 4. The van der Waals surface area contributed by atoms with Crippen molar-refractivity contribution >= 4 is 23.7 Å². The normalized spacial score (nSPS) is 18.6. The highest BCUT2D eigenvalue weighted by Gasteiger charge is 2.32. The lowest BCUT2D eigenvalue weighted by Gasteiger charge is -2.26. The van der Waals surface area contributed by atoms with Gasteiger partial charge in [-0.1, -0.05) is 44.2 Å². The third kappa shape index (κ3) is 7.36. The van der Waals surface area contributed by atoms with Crippen molar-refractivity contribution in [1.82, 2.24) is 21.3 Å². The van der Waals surface area contributed by atoms with Crippen LogP contribution in [-0.2, 0) is 25.6 Å². The van der Waals surface area contributed by atoms with Gasteiger partial charge in [-0.05, 0) is 37.8 Å². The molecule has 1 aromatic rings. The Morgan fingerprint density at radius 1 is 1.03 bits per heavy atom. The van der Waals surface area contributed by atoms with Crippen LogP contribution in [0.25, 0.3) is 0 Å². The summed E-state index contributed by atoms with van der Waals surface area (Å²) in [5.74, 6) is -2.78.